The van der Waals surface area contributed by atoms with Gasteiger partial charge in [-0.15, -0.1) is 0 Å². The van der Waals surface area contributed by atoms with E-state index in [0.29, 0.717) is 10.2 Å². The molecule has 0 unspecified atom stereocenters. The van der Waals surface area contributed by atoms with E-state index < -0.39 is 23.7 Å². The number of ether oxygens (including phenoxy) is 4. The molecule has 9 heteroatoms. The molecule has 0 bridgehead atoms. The molecular weight excluding hydrogens is 398 g/mol. The number of cyclic esters (lactones) is 2. The number of halogens is 1. The zero-order chi connectivity index (χ0) is 18.8. The first-order valence-corrected chi connectivity index (χ1v) is 7.87. The Morgan fingerprint density at radius 1 is 1.20 bits per heavy atom. The number of methoxy groups -OCH3 is 2. The third-order valence-corrected chi connectivity index (χ3v) is 3.81. The highest BCUT2D eigenvalue weighted by atomic mass is 79.9. The molecule has 1 heterocycles. The Balaban J connectivity index is 2.39. The van der Waals surface area contributed by atoms with Gasteiger partial charge in [0.05, 0.1) is 25.5 Å². The third kappa shape index (κ3) is 4.11. The van der Waals surface area contributed by atoms with Crippen LogP contribution in [-0.4, -0.2) is 37.9 Å². The summed E-state index contributed by atoms with van der Waals surface area (Å²) in [5.41, 5.74) is 0.0897. The van der Waals surface area contributed by atoms with Gasteiger partial charge in [0.1, 0.15) is 5.75 Å². The summed E-state index contributed by atoms with van der Waals surface area (Å²) in [5, 5.41) is 2.74. The zero-order valence-corrected chi connectivity index (χ0v) is 15.6. The molecule has 0 spiro atoms. The predicted octanol–water partition coefficient (Wildman–Crippen LogP) is 2.38. The van der Waals surface area contributed by atoms with Crippen LogP contribution >= 0.6 is 15.9 Å². The number of hydrogen-bond donors (Lipinski definition) is 1. The van der Waals surface area contributed by atoms with Gasteiger partial charge in [-0.2, -0.15) is 0 Å². The Labute approximate surface area is 152 Å². The predicted molar refractivity (Wildman–Crippen MR) is 90.0 cm³/mol. The first-order chi connectivity index (χ1) is 11.7. The maximum atomic E-state index is 12.0. The normalized spacial score (nSPS) is 15.8. The van der Waals surface area contributed by atoms with Gasteiger partial charge in [-0.1, -0.05) is 0 Å². The van der Waals surface area contributed by atoms with Crippen molar-refractivity contribution in [1.29, 1.82) is 0 Å². The number of nitrogens with one attached hydrogen (secondary N) is 1. The van der Waals surface area contributed by atoms with Gasteiger partial charge in [0.25, 0.3) is 5.79 Å². The lowest BCUT2D eigenvalue weighted by Gasteiger charge is -2.29. The van der Waals surface area contributed by atoms with Crippen molar-refractivity contribution in [3.05, 3.63) is 33.9 Å². The van der Waals surface area contributed by atoms with Crippen LogP contribution in [0.1, 0.15) is 24.2 Å². The number of esters is 3. The molecular formula is C16H16BrNO7. The quantitative estimate of drug-likeness (QED) is 0.456. The lowest BCUT2D eigenvalue weighted by molar-refractivity contribution is -0.222. The van der Waals surface area contributed by atoms with Crippen LogP contribution in [-0.2, 0) is 23.8 Å². The second-order valence-corrected chi connectivity index (χ2v) is 6.26. The molecule has 1 aromatic rings. The van der Waals surface area contributed by atoms with E-state index in [2.05, 4.69) is 21.2 Å². The number of anilines is 1. The SMILES string of the molecule is COC(=O)c1cc(OC)cc(Br)c1NC=C1C(=O)OC(C)(C)OC1=O. The molecule has 1 saturated heterocycles. The molecule has 1 aromatic carbocycles. The van der Waals surface area contributed by atoms with Crippen molar-refractivity contribution in [2.24, 2.45) is 0 Å². The van der Waals surface area contributed by atoms with Gasteiger partial charge in [-0.25, -0.2) is 14.4 Å². The average Bonchev–Trinajstić information content (AvgIpc) is 2.52. The van der Waals surface area contributed by atoms with E-state index >= 15 is 0 Å². The summed E-state index contributed by atoms with van der Waals surface area (Å²) in [6.45, 7) is 2.89. The summed E-state index contributed by atoms with van der Waals surface area (Å²) < 4.78 is 20.3. The molecule has 0 amide bonds. The van der Waals surface area contributed by atoms with Crippen molar-refractivity contribution in [2.75, 3.05) is 19.5 Å². The second-order valence-electron chi connectivity index (χ2n) is 5.40. The topological polar surface area (TPSA) is 100 Å². The van der Waals surface area contributed by atoms with Gasteiger partial charge in [-0.05, 0) is 28.1 Å². The molecule has 0 atom stereocenters. The van der Waals surface area contributed by atoms with Crippen LogP contribution in [0.3, 0.4) is 0 Å². The second kappa shape index (κ2) is 7.14. The van der Waals surface area contributed by atoms with Crippen LogP contribution in [0.5, 0.6) is 5.75 Å². The molecule has 1 N–H and O–H groups in total. The third-order valence-electron chi connectivity index (χ3n) is 3.18. The Bertz CT molecular complexity index is 748. The van der Waals surface area contributed by atoms with Crippen LogP contribution < -0.4 is 10.1 Å². The van der Waals surface area contributed by atoms with Crippen molar-refractivity contribution < 1.29 is 33.3 Å². The van der Waals surface area contributed by atoms with Crippen molar-refractivity contribution in [3.63, 3.8) is 0 Å². The Morgan fingerprint density at radius 3 is 2.32 bits per heavy atom. The summed E-state index contributed by atoms with van der Waals surface area (Å²) in [6.07, 6.45) is 1.11. The van der Waals surface area contributed by atoms with Crippen LogP contribution in [0, 0.1) is 0 Å². The van der Waals surface area contributed by atoms with E-state index in [1.165, 1.54) is 34.1 Å². The molecule has 0 aromatic heterocycles. The Morgan fingerprint density at radius 2 is 1.80 bits per heavy atom. The maximum Gasteiger partial charge on any atom is 0.350 e. The fraction of sp³-hybridized carbons (Fsp3) is 0.312. The minimum Gasteiger partial charge on any atom is -0.497 e. The molecule has 1 fully saturated rings. The van der Waals surface area contributed by atoms with Gasteiger partial charge in [0, 0.05) is 24.5 Å². The summed E-state index contributed by atoms with van der Waals surface area (Å²) in [6, 6.07) is 3.06. The molecule has 2 rings (SSSR count). The number of carbonyl (C=O) groups is 3. The van der Waals surface area contributed by atoms with E-state index in [1.807, 2.05) is 0 Å². The van der Waals surface area contributed by atoms with Crippen molar-refractivity contribution in [3.8, 4) is 5.75 Å². The van der Waals surface area contributed by atoms with E-state index in [-0.39, 0.29) is 16.8 Å². The molecule has 0 radical (unpaired) electrons. The fourth-order valence-corrected chi connectivity index (χ4v) is 2.59. The van der Waals surface area contributed by atoms with E-state index in [9.17, 15) is 14.4 Å². The van der Waals surface area contributed by atoms with Crippen LogP contribution in [0.15, 0.2) is 28.4 Å². The molecule has 134 valence electrons. The van der Waals surface area contributed by atoms with Gasteiger partial charge in [0.2, 0.25) is 0 Å². The zero-order valence-electron chi connectivity index (χ0n) is 14.0. The Kier molecular flexibility index (Phi) is 5.36. The average molecular weight is 414 g/mol. The maximum absolute atomic E-state index is 12.0. The molecule has 0 aliphatic carbocycles. The van der Waals surface area contributed by atoms with E-state index in [0.717, 1.165) is 6.20 Å². The van der Waals surface area contributed by atoms with Crippen LogP contribution in [0.25, 0.3) is 0 Å². The first kappa shape index (κ1) is 18.8. The largest absolute Gasteiger partial charge is 0.497 e. The van der Waals surface area contributed by atoms with E-state index in [4.69, 9.17) is 18.9 Å². The number of benzene rings is 1. The van der Waals surface area contributed by atoms with Crippen molar-refractivity contribution in [1.82, 2.24) is 0 Å². The molecule has 25 heavy (non-hydrogen) atoms. The smallest absolute Gasteiger partial charge is 0.350 e. The van der Waals surface area contributed by atoms with Crippen LogP contribution in [0.4, 0.5) is 5.69 Å². The number of carbonyl (C=O) groups excluding carboxylic acids is 3. The van der Waals surface area contributed by atoms with Gasteiger partial charge < -0.3 is 24.3 Å². The summed E-state index contributed by atoms with van der Waals surface area (Å²) >= 11 is 3.30. The molecule has 1 aliphatic rings. The lowest BCUT2D eigenvalue weighted by Crippen LogP contribution is -2.42. The number of rotatable bonds is 4. The standard InChI is InChI=1S/C16H16BrNO7/c1-16(2)24-14(20)10(15(21)25-16)7-18-12-9(13(19)23-4)5-8(22-3)6-11(12)17/h5-7,18H,1-4H3. The summed E-state index contributed by atoms with van der Waals surface area (Å²) in [7, 11) is 2.68. The van der Waals surface area contributed by atoms with Gasteiger partial charge in [0.15, 0.2) is 5.57 Å². The summed E-state index contributed by atoms with van der Waals surface area (Å²) in [5.74, 6) is -3.21. The highest BCUT2D eigenvalue weighted by Gasteiger charge is 2.39. The lowest BCUT2D eigenvalue weighted by atomic mass is 10.1. The highest BCUT2D eigenvalue weighted by molar-refractivity contribution is 9.10. The molecule has 8 nitrogen and oxygen atoms in total. The van der Waals surface area contributed by atoms with Gasteiger partial charge >= 0.3 is 17.9 Å². The van der Waals surface area contributed by atoms with Crippen molar-refractivity contribution in [2.45, 2.75) is 19.6 Å². The first-order valence-electron chi connectivity index (χ1n) is 7.07. The van der Waals surface area contributed by atoms with E-state index in [1.54, 1.807) is 6.07 Å². The fourth-order valence-electron chi connectivity index (χ4n) is 2.04. The minimum absolute atomic E-state index is 0.142. The van der Waals surface area contributed by atoms with Gasteiger partial charge in [-0.3, -0.25) is 0 Å². The molecule has 1 aliphatic heterocycles. The highest BCUT2D eigenvalue weighted by Crippen LogP contribution is 2.33. The minimum atomic E-state index is -1.33. The van der Waals surface area contributed by atoms with Crippen LogP contribution in [0.2, 0.25) is 0 Å². The summed E-state index contributed by atoms with van der Waals surface area (Å²) in [4.78, 5) is 35.9. The molecule has 0 saturated carbocycles. The monoisotopic (exact) mass is 413 g/mol. The number of hydrogen-bond acceptors (Lipinski definition) is 8. The van der Waals surface area contributed by atoms with Crippen molar-refractivity contribution >= 4 is 39.5 Å². The Hall–Kier alpha value is -2.55.